The molecule has 0 saturated carbocycles. The van der Waals surface area contributed by atoms with Crippen LogP contribution in [-0.2, 0) is 23.8 Å². The summed E-state index contributed by atoms with van der Waals surface area (Å²) in [6.45, 7) is 2.63. The number of anilines is 2. The minimum absolute atomic E-state index is 0.0126. The highest BCUT2D eigenvalue weighted by atomic mass is 32.1. The van der Waals surface area contributed by atoms with E-state index in [-0.39, 0.29) is 5.91 Å². The number of aromatic nitrogens is 1. The molecule has 4 N–H and O–H groups in total. The number of nitrogens with two attached hydrogens (primary N) is 1. The summed E-state index contributed by atoms with van der Waals surface area (Å²) in [7, 11) is 1.50. The largest absolute Gasteiger partial charge is 0.416 e. The zero-order chi connectivity index (χ0) is 23.3. The van der Waals surface area contributed by atoms with Crippen LogP contribution in [0.1, 0.15) is 28.8 Å². The number of rotatable bonds is 6. The van der Waals surface area contributed by atoms with Gasteiger partial charge in [-0.15, -0.1) is 0 Å². The van der Waals surface area contributed by atoms with Gasteiger partial charge in [0.05, 0.1) is 22.6 Å². The van der Waals surface area contributed by atoms with Gasteiger partial charge in [-0.3, -0.25) is 4.79 Å². The summed E-state index contributed by atoms with van der Waals surface area (Å²) in [5.74, 6) is 0.0126. The molecule has 9 heteroatoms. The lowest BCUT2D eigenvalue weighted by molar-refractivity contribution is -0.137. The van der Waals surface area contributed by atoms with Crippen LogP contribution in [0.2, 0.25) is 0 Å². The van der Waals surface area contributed by atoms with Crippen molar-refractivity contribution >= 4 is 28.1 Å². The molecule has 3 aromatic rings. The van der Waals surface area contributed by atoms with Crippen molar-refractivity contribution < 1.29 is 18.0 Å². The number of hydrogen-bond acceptors (Lipinski definition) is 5. The predicted octanol–water partition coefficient (Wildman–Crippen LogP) is 5.25. The van der Waals surface area contributed by atoms with Gasteiger partial charge in [0.25, 0.3) is 0 Å². The summed E-state index contributed by atoms with van der Waals surface area (Å²) >= 11 is 1.56. The molecule has 2 aromatic carbocycles. The van der Waals surface area contributed by atoms with E-state index in [9.17, 15) is 18.0 Å². The molecule has 170 valence electrons. The maximum atomic E-state index is 12.6. The monoisotopic (exact) mass is 462 g/mol. The Morgan fingerprint density at radius 3 is 2.56 bits per heavy atom. The van der Waals surface area contributed by atoms with Crippen molar-refractivity contribution in [1.29, 1.82) is 0 Å². The maximum Gasteiger partial charge on any atom is 0.416 e. The van der Waals surface area contributed by atoms with Gasteiger partial charge in [-0.05, 0) is 67.8 Å². The highest BCUT2D eigenvalue weighted by Crippen LogP contribution is 2.36. The second-order valence-corrected chi connectivity index (χ2v) is 8.25. The van der Waals surface area contributed by atoms with Crippen LogP contribution in [0.4, 0.5) is 24.0 Å². The van der Waals surface area contributed by atoms with E-state index in [1.165, 1.54) is 19.2 Å². The third-order valence-corrected chi connectivity index (χ3v) is 6.15. The Balaban J connectivity index is 0.00000141. The number of carbonyl (C=O) groups is 1. The molecular formula is C23H25F3N4OS. The van der Waals surface area contributed by atoms with E-state index in [2.05, 4.69) is 21.4 Å². The zero-order valence-electron chi connectivity index (χ0n) is 17.8. The lowest BCUT2D eigenvalue weighted by Gasteiger charge is -2.08. The van der Waals surface area contributed by atoms with E-state index < -0.39 is 11.7 Å². The number of thiazole rings is 1. The third-order valence-electron chi connectivity index (χ3n) is 4.99. The van der Waals surface area contributed by atoms with E-state index >= 15 is 0 Å². The first-order valence-electron chi connectivity index (χ1n) is 10.2. The Hall–Kier alpha value is -2.91. The highest BCUT2D eigenvalue weighted by molar-refractivity contribution is 7.19. The molecule has 1 aromatic heterocycles. The zero-order valence-corrected chi connectivity index (χ0v) is 18.7. The first-order valence-corrected chi connectivity index (χ1v) is 11.0. The number of nitrogens with one attached hydrogen (secondary N) is 2. The molecule has 2 heterocycles. The summed E-state index contributed by atoms with van der Waals surface area (Å²) in [6, 6.07) is 11.2. The smallest absolute Gasteiger partial charge is 0.361 e. The normalized spacial score (nSPS) is 12.6. The average Bonchev–Trinajstić information content (AvgIpc) is 3.33. The van der Waals surface area contributed by atoms with Gasteiger partial charge in [-0.1, -0.05) is 29.5 Å². The van der Waals surface area contributed by atoms with Gasteiger partial charge in [-0.2, -0.15) is 13.2 Å². The van der Waals surface area contributed by atoms with Gasteiger partial charge < -0.3 is 16.4 Å². The lowest BCUT2D eigenvalue weighted by atomic mass is 10.1. The molecule has 32 heavy (non-hydrogen) atoms. The van der Waals surface area contributed by atoms with Crippen LogP contribution < -0.4 is 16.4 Å². The van der Waals surface area contributed by atoms with E-state index in [0.717, 1.165) is 56.6 Å². The topological polar surface area (TPSA) is 80.0 Å². The predicted molar refractivity (Wildman–Crippen MR) is 123 cm³/mol. The maximum absolute atomic E-state index is 12.6. The third kappa shape index (κ3) is 5.66. The quantitative estimate of drug-likeness (QED) is 0.437. The number of hydrogen-bond donors (Lipinski definition) is 3. The molecule has 0 fully saturated rings. The molecule has 0 unspecified atom stereocenters. The molecule has 5 nitrogen and oxygen atoms in total. The Morgan fingerprint density at radius 2 is 1.88 bits per heavy atom. The van der Waals surface area contributed by atoms with Crippen LogP contribution in [0.25, 0.3) is 10.4 Å². The fraction of sp³-hybridized carbons (Fsp3) is 0.304. The van der Waals surface area contributed by atoms with Crippen LogP contribution in [0, 0.1) is 6.92 Å². The molecule has 0 saturated heterocycles. The Labute approximate surface area is 188 Å². The van der Waals surface area contributed by atoms with Gasteiger partial charge in [0, 0.05) is 12.2 Å². The Kier molecular flexibility index (Phi) is 7.52. The molecule has 0 atom stereocenters. The number of nitrogens with zero attached hydrogens (tertiary/aromatic N) is 1. The van der Waals surface area contributed by atoms with Crippen LogP contribution in [-0.4, -0.2) is 24.5 Å². The number of fused-ring (bicyclic) bond motifs is 1. The van der Waals surface area contributed by atoms with Gasteiger partial charge in [-0.25, -0.2) is 4.98 Å². The molecule has 4 rings (SSSR count). The van der Waals surface area contributed by atoms with E-state index in [4.69, 9.17) is 0 Å². The number of carbonyl (C=O) groups excluding carboxylic acids is 1. The van der Waals surface area contributed by atoms with Crippen molar-refractivity contribution in [3.63, 3.8) is 0 Å². The minimum Gasteiger partial charge on any atom is -0.361 e. The Bertz CT molecular complexity index is 1080. The van der Waals surface area contributed by atoms with Crippen LogP contribution in [0.15, 0.2) is 42.5 Å². The SMILES string of the molecule is CN.Cc1nc(NCCCc2ccc(C(F)(F)F)cc2)sc1-c1ccc2c(c1)CC(=O)N2. The first kappa shape index (κ1) is 23.7. The van der Waals surface area contributed by atoms with Crippen LogP contribution in [0.3, 0.4) is 0 Å². The van der Waals surface area contributed by atoms with Crippen molar-refractivity contribution in [2.24, 2.45) is 5.73 Å². The summed E-state index contributed by atoms with van der Waals surface area (Å²) < 4.78 is 37.9. The van der Waals surface area contributed by atoms with E-state index in [0.29, 0.717) is 19.4 Å². The second kappa shape index (κ2) is 10.1. The molecule has 0 bridgehead atoms. The number of halogens is 3. The number of amides is 1. The van der Waals surface area contributed by atoms with Gasteiger partial charge in [0.15, 0.2) is 5.13 Å². The van der Waals surface area contributed by atoms with Crippen molar-refractivity contribution in [1.82, 2.24) is 4.98 Å². The fourth-order valence-electron chi connectivity index (χ4n) is 3.46. The summed E-state index contributed by atoms with van der Waals surface area (Å²) in [4.78, 5) is 17.2. The molecule has 1 aliphatic rings. The lowest BCUT2D eigenvalue weighted by Crippen LogP contribution is -2.05. The summed E-state index contributed by atoms with van der Waals surface area (Å²) in [5, 5.41) is 6.95. The number of alkyl halides is 3. The van der Waals surface area contributed by atoms with Crippen molar-refractivity contribution in [2.45, 2.75) is 32.4 Å². The van der Waals surface area contributed by atoms with Gasteiger partial charge in [0.1, 0.15) is 0 Å². The molecule has 1 aliphatic heterocycles. The molecular weight excluding hydrogens is 437 g/mol. The number of aryl methyl sites for hydroxylation is 2. The summed E-state index contributed by atoms with van der Waals surface area (Å²) in [6.07, 6.45) is -2.43. The van der Waals surface area contributed by atoms with E-state index in [1.54, 1.807) is 11.3 Å². The van der Waals surface area contributed by atoms with Gasteiger partial charge >= 0.3 is 6.18 Å². The molecule has 0 radical (unpaired) electrons. The van der Waals surface area contributed by atoms with Crippen molar-refractivity contribution in [2.75, 3.05) is 24.2 Å². The minimum atomic E-state index is -4.30. The van der Waals surface area contributed by atoms with Gasteiger partial charge in [0.2, 0.25) is 5.91 Å². The molecule has 0 spiro atoms. The van der Waals surface area contributed by atoms with Crippen molar-refractivity contribution in [3.05, 3.63) is 64.8 Å². The fourth-order valence-corrected chi connectivity index (χ4v) is 4.45. The van der Waals surface area contributed by atoms with Crippen molar-refractivity contribution in [3.8, 4) is 10.4 Å². The first-order chi connectivity index (χ1) is 15.3. The molecule has 1 amide bonds. The Morgan fingerprint density at radius 1 is 1.16 bits per heavy atom. The van der Waals surface area contributed by atoms with Crippen LogP contribution >= 0.6 is 11.3 Å². The van der Waals surface area contributed by atoms with Crippen LogP contribution in [0.5, 0.6) is 0 Å². The average molecular weight is 463 g/mol. The number of benzene rings is 2. The summed E-state index contributed by atoms with van der Waals surface area (Å²) in [5.41, 5.74) is 8.58. The van der Waals surface area contributed by atoms with E-state index in [1.807, 2.05) is 25.1 Å². The molecule has 0 aliphatic carbocycles. The highest BCUT2D eigenvalue weighted by Gasteiger charge is 2.29. The standard InChI is InChI=1S/C22H20F3N3OS.CH5N/c1-13-20(15-6-9-18-16(11-15)12-19(29)28-18)30-21(27-13)26-10-2-3-14-4-7-17(8-5-14)22(23,24)25;1-2/h4-9,11H,2-3,10,12H2,1H3,(H,26,27)(H,28,29);2H2,1H3. The second-order valence-electron chi connectivity index (χ2n) is 7.26.